The zero-order chi connectivity index (χ0) is 13.0. The van der Waals surface area contributed by atoms with Crippen molar-refractivity contribution in [2.24, 2.45) is 11.7 Å². The summed E-state index contributed by atoms with van der Waals surface area (Å²) < 4.78 is 0. The van der Waals surface area contributed by atoms with Crippen molar-refractivity contribution in [1.29, 1.82) is 0 Å². The van der Waals surface area contributed by atoms with Crippen LogP contribution in [0.5, 0.6) is 0 Å². The van der Waals surface area contributed by atoms with E-state index >= 15 is 0 Å². The van der Waals surface area contributed by atoms with Gasteiger partial charge in [-0.05, 0) is 19.8 Å². The lowest BCUT2D eigenvalue weighted by molar-refractivity contribution is -0.135. The Morgan fingerprint density at radius 3 is 2.06 bits per heavy atom. The molecule has 0 bridgehead atoms. The smallest absolute Gasteiger partial charge is 0.239 e. The van der Waals surface area contributed by atoms with Gasteiger partial charge in [0.1, 0.15) is 0 Å². The Bertz CT molecular complexity index is 253. The average Bonchev–Trinajstić information content (AvgIpc) is 2.36. The van der Waals surface area contributed by atoms with Gasteiger partial charge in [-0.1, -0.05) is 20.3 Å². The summed E-state index contributed by atoms with van der Waals surface area (Å²) in [6.45, 7) is 12.1. The van der Waals surface area contributed by atoms with Gasteiger partial charge in [0.15, 0.2) is 0 Å². The molecule has 1 rings (SSSR count). The number of nitrogens with two attached hydrogens (primary N) is 1. The van der Waals surface area contributed by atoms with E-state index in [4.69, 9.17) is 5.73 Å². The van der Waals surface area contributed by atoms with Crippen molar-refractivity contribution in [3.05, 3.63) is 0 Å². The Labute approximate surface area is 117 Å². The van der Waals surface area contributed by atoms with Crippen LogP contribution in [0.2, 0.25) is 0 Å². The summed E-state index contributed by atoms with van der Waals surface area (Å²) in [5.74, 6) is 0.397. The maximum absolute atomic E-state index is 12.2. The van der Waals surface area contributed by atoms with Crippen molar-refractivity contribution in [2.75, 3.05) is 26.2 Å². The number of rotatable bonds is 4. The lowest BCUT2D eigenvalue weighted by Crippen LogP contribution is -2.55. The number of halogens is 1. The lowest BCUT2D eigenvalue weighted by atomic mass is 9.98. The Hall–Kier alpha value is -0.320. The fourth-order valence-corrected chi connectivity index (χ4v) is 2.17. The highest BCUT2D eigenvalue weighted by atomic mass is 35.5. The van der Waals surface area contributed by atoms with Crippen LogP contribution >= 0.6 is 12.4 Å². The van der Waals surface area contributed by atoms with E-state index < -0.39 is 0 Å². The molecule has 1 amide bonds. The van der Waals surface area contributed by atoms with Crippen LogP contribution in [0.4, 0.5) is 0 Å². The van der Waals surface area contributed by atoms with Gasteiger partial charge in [-0.15, -0.1) is 12.4 Å². The summed E-state index contributed by atoms with van der Waals surface area (Å²) in [5.41, 5.74) is 5.99. The van der Waals surface area contributed by atoms with Crippen LogP contribution in [0.3, 0.4) is 0 Å². The molecule has 1 saturated heterocycles. The molecule has 2 unspecified atom stereocenters. The first-order valence-electron chi connectivity index (χ1n) is 6.75. The van der Waals surface area contributed by atoms with Gasteiger partial charge >= 0.3 is 0 Å². The molecule has 5 heteroatoms. The Balaban J connectivity index is 0.00000289. The van der Waals surface area contributed by atoms with Gasteiger partial charge in [0, 0.05) is 32.2 Å². The number of carbonyl (C=O) groups is 1. The largest absolute Gasteiger partial charge is 0.339 e. The van der Waals surface area contributed by atoms with Crippen LogP contribution in [0, 0.1) is 5.92 Å². The maximum Gasteiger partial charge on any atom is 0.239 e. The number of hydrogen-bond acceptors (Lipinski definition) is 3. The van der Waals surface area contributed by atoms with E-state index in [-0.39, 0.29) is 30.3 Å². The number of nitrogens with zero attached hydrogens (tertiary/aromatic N) is 2. The molecule has 18 heavy (non-hydrogen) atoms. The van der Waals surface area contributed by atoms with E-state index in [1.807, 2.05) is 11.8 Å². The van der Waals surface area contributed by atoms with Crippen molar-refractivity contribution in [3.8, 4) is 0 Å². The fraction of sp³-hybridized carbons (Fsp3) is 0.923. The topological polar surface area (TPSA) is 49.6 Å². The van der Waals surface area contributed by atoms with Gasteiger partial charge in [-0.2, -0.15) is 0 Å². The highest BCUT2D eigenvalue weighted by molar-refractivity contribution is 5.85. The molecule has 1 fully saturated rings. The average molecular weight is 278 g/mol. The van der Waals surface area contributed by atoms with Crippen molar-refractivity contribution < 1.29 is 4.79 Å². The van der Waals surface area contributed by atoms with Crippen molar-refractivity contribution in [2.45, 2.75) is 46.2 Å². The molecule has 0 spiro atoms. The zero-order valence-electron chi connectivity index (χ0n) is 12.1. The molecule has 0 aromatic carbocycles. The van der Waals surface area contributed by atoms with Crippen LogP contribution in [-0.4, -0.2) is 54.0 Å². The predicted octanol–water partition coefficient (Wildman–Crippen LogP) is 1.33. The normalized spacial score (nSPS) is 20.4. The van der Waals surface area contributed by atoms with E-state index in [1.165, 1.54) is 0 Å². The second-order valence-corrected chi connectivity index (χ2v) is 5.37. The van der Waals surface area contributed by atoms with Gasteiger partial charge in [-0.25, -0.2) is 0 Å². The summed E-state index contributed by atoms with van der Waals surface area (Å²) >= 11 is 0. The second kappa shape index (κ2) is 7.97. The molecule has 1 aliphatic rings. The number of amides is 1. The van der Waals surface area contributed by atoms with Crippen LogP contribution < -0.4 is 5.73 Å². The van der Waals surface area contributed by atoms with Gasteiger partial charge in [-0.3, -0.25) is 9.69 Å². The number of carbonyl (C=O) groups excluding carboxylic acids is 1. The first kappa shape index (κ1) is 17.7. The quantitative estimate of drug-likeness (QED) is 0.844. The first-order chi connectivity index (χ1) is 7.97. The van der Waals surface area contributed by atoms with Gasteiger partial charge in [0.05, 0.1) is 6.04 Å². The monoisotopic (exact) mass is 277 g/mol. The Morgan fingerprint density at radius 2 is 1.67 bits per heavy atom. The minimum atomic E-state index is -0.328. The van der Waals surface area contributed by atoms with Crippen LogP contribution in [0.25, 0.3) is 0 Å². The maximum atomic E-state index is 12.2. The molecule has 0 aromatic rings. The van der Waals surface area contributed by atoms with Crippen molar-refractivity contribution in [3.63, 3.8) is 0 Å². The van der Waals surface area contributed by atoms with Gasteiger partial charge < -0.3 is 10.6 Å². The zero-order valence-corrected chi connectivity index (χ0v) is 12.9. The highest BCUT2D eigenvalue weighted by Gasteiger charge is 2.28. The third kappa shape index (κ3) is 4.41. The van der Waals surface area contributed by atoms with Gasteiger partial charge in [0.2, 0.25) is 5.91 Å². The van der Waals surface area contributed by atoms with Gasteiger partial charge in [0.25, 0.3) is 0 Å². The van der Waals surface area contributed by atoms with E-state index in [1.54, 1.807) is 0 Å². The molecule has 4 nitrogen and oxygen atoms in total. The van der Waals surface area contributed by atoms with E-state index in [0.29, 0.717) is 6.04 Å². The van der Waals surface area contributed by atoms with E-state index in [9.17, 15) is 4.79 Å². The first-order valence-corrected chi connectivity index (χ1v) is 6.75. The molecule has 2 atom stereocenters. The molecule has 0 radical (unpaired) electrons. The molecule has 0 aromatic heterocycles. The Kier molecular flexibility index (Phi) is 7.83. The molecular formula is C13H28ClN3O. The third-order valence-corrected chi connectivity index (χ3v) is 3.90. The SMILES string of the molecule is CCC(C)C(N)C(=O)N1CCN(C(C)C)CC1.Cl. The summed E-state index contributed by atoms with van der Waals surface area (Å²) in [6.07, 6.45) is 0.957. The standard InChI is InChI=1S/C13H27N3O.ClH/c1-5-11(4)12(14)13(17)16-8-6-15(7-9-16)10(2)3;/h10-12H,5-9,14H2,1-4H3;1H. The van der Waals surface area contributed by atoms with Crippen molar-refractivity contribution >= 4 is 18.3 Å². The minimum absolute atomic E-state index is 0. The molecule has 0 saturated carbocycles. The third-order valence-electron chi connectivity index (χ3n) is 3.90. The second-order valence-electron chi connectivity index (χ2n) is 5.37. The molecular weight excluding hydrogens is 250 g/mol. The van der Waals surface area contributed by atoms with Crippen LogP contribution in [0.15, 0.2) is 0 Å². The molecule has 1 heterocycles. The molecule has 108 valence electrons. The fourth-order valence-electron chi connectivity index (χ4n) is 2.17. The minimum Gasteiger partial charge on any atom is -0.339 e. The summed E-state index contributed by atoms with van der Waals surface area (Å²) in [5, 5.41) is 0. The highest BCUT2D eigenvalue weighted by Crippen LogP contribution is 2.11. The summed E-state index contributed by atoms with van der Waals surface area (Å²) in [4.78, 5) is 16.5. The molecule has 0 aliphatic carbocycles. The van der Waals surface area contributed by atoms with Crippen LogP contribution in [0.1, 0.15) is 34.1 Å². The number of hydrogen-bond donors (Lipinski definition) is 1. The number of piperazine rings is 1. The Morgan fingerprint density at radius 1 is 1.17 bits per heavy atom. The summed E-state index contributed by atoms with van der Waals surface area (Å²) in [6, 6.07) is 0.237. The van der Waals surface area contributed by atoms with Crippen molar-refractivity contribution in [1.82, 2.24) is 9.80 Å². The van der Waals surface area contributed by atoms with Crippen LogP contribution in [-0.2, 0) is 4.79 Å². The van der Waals surface area contributed by atoms with E-state index in [0.717, 1.165) is 32.6 Å². The predicted molar refractivity (Wildman–Crippen MR) is 78.0 cm³/mol. The summed E-state index contributed by atoms with van der Waals surface area (Å²) in [7, 11) is 0. The lowest BCUT2D eigenvalue weighted by Gasteiger charge is -2.38. The molecule has 2 N–H and O–H groups in total. The van der Waals surface area contributed by atoms with E-state index in [2.05, 4.69) is 25.7 Å². The molecule has 1 aliphatic heterocycles.